The van der Waals surface area contributed by atoms with Gasteiger partial charge in [-0.2, -0.15) is 10.3 Å². The van der Waals surface area contributed by atoms with Crippen LogP contribution in [0.2, 0.25) is 0 Å². The number of para-hydroxylation sites is 2. The minimum atomic E-state index is -0.207. The van der Waals surface area contributed by atoms with Crippen LogP contribution < -0.4 is 10.6 Å². The second-order valence-corrected chi connectivity index (χ2v) is 7.07. The molecule has 0 saturated carbocycles. The number of nitrogens with zero attached hydrogens (tertiary/aromatic N) is 2. The highest BCUT2D eigenvalue weighted by atomic mass is 32.2. The Bertz CT molecular complexity index is 745. The van der Waals surface area contributed by atoms with Gasteiger partial charge in [0.15, 0.2) is 0 Å². The van der Waals surface area contributed by atoms with Crippen LogP contribution in [0.3, 0.4) is 0 Å². The molecular formula is C18H16N4O2S2. The van der Waals surface area contributed by atoms with Gasteiger partial charge in [0.05, 0.1) is 11.5 Å². The summed E-state index contributed by atoms with van der Waals surface area (Å²) >= 11 is 2.24. The summed E-state index contributed by atoms with van der Waals surface area (Å²) in [6.07, 6.45) is 1.70. The van der Waals surface area contributed by atoms with Crippen LogP contribution >= 0.6 is 23.5 Å². The predicted octanol–water partition coefficient (Wildman–Crippen LogP) is 3.57. The summed E-state index contributed by atoms with van der Waals surface area (Å²) < 4.78 is 0.374. The predicted molar refractivity (Wildman–Crippen MR) is 108 cm³/mol. The maximum absolute atomic E-state index is 11.9. The van der Waals surface area contributed by atoms with E-state index in [1.165, 1.54) is 0 Å². The third-order valence-corrected chi connectivity index (χ3v) is 5.11. The molecule has 2 rings (SSSR count). The van der Waals surface area contributed by atoms with E-state index in [0.29, 0.717) is 15.8 Å². The van der Waals surface area contributed by atoms with Crippen LogP contribution in [0.4, 0.5) is 11.4 Å². The van der Waals surface area contributed by atoms with Crippen molar-refractivity contribution in [3.8, 4) is 6.19 Å². The van der Waals surface area contributed by atoms with Gasteiger partial charge in [-0.25, -0.2) is 0 Å². The van der Waals surface area contributed by atoms with Crippen molar-refractivity contribution in [3.63, 3.8) is 0 Å². The summed E-state index contributed by atoms with van der Waals surface area (Å²) in [7, 11) is 0. The fourth-order valence-electron chi connectivity index (χ4n) is 1.84. The Morgan fingerprint density at radius 1 is 0.846 bits per heavy atom. The van der Waals surface area contributed by atoms with E-state index >= 15 is 0 Å². The lowest BCUT2D eigenvalue weighted by Crippen LogP contribution is -2.16. The minimum absolute atomic E-state index is 0.0999. The Labute approximate surface area is 160 Å². The van der Waals surface area contributed by atoms with Gasteiger partial charge < -0.3 is 10.6 Å². The van der Waals surface area contributed by atoms with E-state index in [1.54, 1.807) is 30.5 Å². The summed E-state index contributed by atoms with van der Waals surface area (Å²) in [5.74, 6) is -0.215. The molecule has 0 saturated heterocycles. The number of aliphatic imine (C=N–C) groups is 1. The van der Waals surface area contributed by atoms with E-state index in [9.17, 15) is 9.59 Å². The number of nitrogens with one attached hydrogen (secondary N) is 2. The van der Waals surface area contributed by atoms with E-state index in [2.05, 4.69) is 15.6 Å². The number of amides is 2. The zero-order chi connectivity index (χ0) is 18.6. The van der Waals surface area contributed by atoms with Gasteiger partial charge in [-0.15, -0.1) is 0 Å². The highest BCUT2D eigenvalue weighted by Crippen LogP contribution is 2.18. The first-order valence-electron chi connectivity index (χ1n) is 7.59. The van der Waals surface area contributed by atoms with Crippen LogP contribution in [0, 0.1) is 11.5 Å². The summed E-state index contributed by atoms with van der Waals surface area (Å²) in [6, 6.07) is 18.2. The molecule has 2 amide bonds. The number of anilines is 2. The number of hydrogen-bond acceptors (Lipinski definition) is 6. The third kappa shape index (κ3) is 7.42. The van der Waals surface area contributed by atoms with Gasteiger partial charge in [-0.05, 0) is 24.3 Å². The van der Waals surface area contributed by atoms with Gasteiger partial charge in [0, 0.05) is 11.4 Å². The molecule has 0 aromatic heterocycles. The first-order chi connectivity index (χ1) is 12.7. The number of hydrogen-bond donors (Lipinski definition) is 2. The van der Waals surface area contributed by atoms with Crippen molar-refractivity contribution in [1.82, 2.24) is 0 Å². The minimum Gasteiger partial charge on any atom is -0.325 e. The van der Waals surface area contributed by atoms with Crippen molar-refractivity contribution in [2.24, 2.45) is 4.99 Å². The largest absolute Gasteiger partial charge is 0.325 e. The monoisotopic (exact) mass is 384 g/mol. The fourth-order valence-corrected chi connectivity index (χ4v) is 3.39. The maximum Gasteiger partial charge on any atom is 0.234 e. The van der Waals surface area contributed by atoms with E-state index in [-0.39, 0.29) is 23.3 Å². The number of thioether (sulfide) groups is 2. The fraction of sp³-hybridized carbons (Fsp3) is 0.111. The summed E-state index contributed by atoms with van der Waals surface area (Å²) in [5, 5.41) is 14.3. The average Bonchev–Trinajstić information content (AvgIpc) is 2.65. The number of carbonyl (C=O) groups excluding carboxylic acids is 2. The van der Waals surface area contributed by atoms with Gasteiger partial charge in [0.1, 0.15) is 4.38 Å². The Hall–Kier alpha value is -2.76. The SMILES string of the molecule is N#CN=C(SCC(=O)Nc1ccccc1)SCC(=O)Nc1ccccc1. The van der Waals surface area contributed by atoms with E-state index in [0.717, 1.165) is 23.5 Å². The van der Waals surface area contributed by atoms with Crippen molar-refractivity contribution in [3.05, 3.63) is 60.7 Å². The number of nitriles is 1. The molecule has 0 radical (unpaired) electrons. The van der Waals surface area contributed by atoms with E-state index in [1.807, 2.05) is 36.4 Å². The highest BCUT2D eigenvalue weighted by molar-refractivity contribution is 8.39. The van der Waals surface area contributed by atoms with Crippen LogP contribution in [0.15, 0.2) is 65.7 Å². The Kier molecular flexibility index (Phi) is 8.26. The lowest BCUT2D eigenvalue weighted by atomic mass is 10.3. The standard InChI is InChI=1S/C18H16N4O2S2/c19-13-20-18(25-11-16(23)21-14-7-3-1-4-8-14)26-12-17(24)22-15-9-5-2-6-10-15/h1-10H,11-12H2,(H,21,23)(H,22,24). The molecular weight excluding hydrogens is 368 g/mol. The molecule has 132 valence electrons. The number of carbonyl (C=O) groups is 2. The molecule has 0 unspecified atom stereocenters. The normalized spacial score (nSPS) is 9.65. The topological polar surface area (TPSA) is 94.3 Å². The lowest BCUT2D eigenvalue weighted by Gasteiger charge is -2.07. The van der Waals surface area contributed by atoms with Gasteiger partial charge in [0.25, 0.3) is 0 Å². The van der Waals surface area contributed by atoms with Gasteiger partial charge in [0.2, 0.25) is 18.0 Å². The smallest absolute Gasteiger partial charge is 0.234 e. The molecule has 2 N–H and O–H groups in total. The number of benzene rings is 2. The van der Waals surface area contributed by atoms with Crippen molar-refractivity contribution in [2.75, 3.05) is 22.1 Å². The van der Waals surface area contributed by atoms with Gasteiger partial charge >= 0.3 is 0 Å². The first-order valence-corrected chi connectivity index (χ1v) is 9.56. The Morgan fingerprint density at radius 2 is 1.27 bits per heavy atom. The zero-order valence-corrected chi connectivity index (χ0v) is 15.3. The molecule has 0 bridgehead atoms. The van der Waals surface area contributed by atoms with Crippen LogP contribution in [-0.4, -0.2) is 27.7 Å². The van der Waals surface area contributed by atoms with Gasteiger partial charge in [-0.1, -0.05) is 59.9 Å². The molecule has 26 heavy (non-hydrogen) atoms. The molecule has 0 atom stereocenters. The van der Waals surface area contributed by atoms with Crippen molar-refractivity contribution >= 4 is 51.1 Å². The second-order valence-electron chi connectivity index (χ2n) is 4.88. The Morgan fingerprint density at radius 3 is 1.65 bits per heavy atom. The van der Waals surface area contributed by atoms with E-state index < -0.39 is 0 Å². The van der Waals surface area contributed by atoms with Crippen molar-refractivity contribution in [1.29, 1.82) is 5.26 Å². The molecule has 0 aliphatic heterocycles. The highest BCUT2D eigenvalue weighted by Gasteiger charge is 2.10. The van der Waals surface area contributed by atoms with E-state index in [4.69, 9.17) is 5.26 Å². The van der Waals surface area contributed by atoms with Crippen LogP contribution in [0.25, 0.3) is 0 Å². The Balaban J connectivity index is 1.77. The molecule has 0 fully saturated rings. The zero-order valence-electron chi connectivity index (χ0n) is 13.7. The van der Waals surface area contributed by atoms with Crippen LogP contribution in [0.5, 0.6) is 0 Å². The molecule has 2 aromatic rings. The third-order valence-electron chi connectivity index (χ3n) is 2.91. The molecule has 0 aliphatic rings. The average molecular weight is 384 g/mol. The van der Waals surface area contributed by atoms with Crippen molar-refractivity contribution in [2.45, 2.75) is 0 Å². The second kappa shape index (κ2) is 11.0. The molecule has 2 aromatic carbocycles. The summed E-state index contributed by atoms with van der Waals surface area (Å²) in [6.45, 7) is 0. The first kappa shape index (κ1) is 19.6. The quantitative estimate of drug-likeness (QED) is 0.451. The maximum atomic E-state index is 11.9. The molecule has 0 spiro atoms. The van der Waals surface area contributed by atoms with Crippen LogP contribution in [0.1, 0.15) is 0 Å². The molecule has 0 heterocycles. The lowest BCUT2D eigenvalue weighted by molar-refractivity contribution is -0.114. The van der Waals surface area contributed by atoms with Crippen LogP contribution in [-0.2, 0) is 9.59 Å². The molecule has 0 aliphatic carbocycles. The number of rotatable bonds is 6. The molecule has 8 heteroatoms. The summed E-state index contributed by atoms with van der Waals surface area (Å²) in [5.41, 5.74) is 1.40. The summed E-state index contributed by atoms with van der Waals surface area (Å²) in [4.78, 5) is 27.6. The van der Waals surface area contributed by atoms with Gasteiger partial charge in [-0.3, -0.25) is 9.59 Å². The van der Waals surface area contributed by atoms with Crippen molar-refractivity contribution < 1.29 is 9.59 Å². The molecule has 6 nitrogen and oxygen atoms in total.